The van der Waals surface area contributed by atoms with Crippen LogP contribution in [0.3, 0.4) is 0 Å². The molecule has 0 spiro atoms. The number of carbonyl (C=O) groups is 3. The van der Waals surface area contributed by atoms with Crippen LogP contribution in [-0.4, -0.2) is 17.6 Å². The zero-order valence-corrected chi connectivity index (χ0v) is 31.0. The van der Waals surface area contributed by atoms with Crippen LogP contribution in [0.2, 0.25) is 0 Å². The van der Waals surface area contributed by atoms with E-state index >= 15 is 0 Å². The van der Waals surface area contributed by atoms with Crippen molar-refractivity contribution in [2.75, 3.05) is 22.1 Å². The van der Waals surface area contributed by atoms with Crippen molar-refractivity contribution < 1.29 is 14.4 Å². The highest BCUT2D eigenvalue weighted by Crippen LogP contribution is 2.50. The Balaban J connectivity index is 1.16. The number of nitrogen functional groups attached to an aromatic ring is 2. The molecule has 0 heterocycles. The second-order valence-corrected chi connectivity index (χ2v) is 14.5. The fourth-order valence-corrected chi connectivity index (χ4v) is 8.40. The molecule has 2 amide bonds. The van der Waals surface area contributed by atoms with Crippen molar-refractivity contribution in [1.29, 1.82) is 0 Å². The lowest BCUT2D eigenvalue weighted by molar-refractivity contribution is 0.101. The molecule has 0 saturated heterocycles. The Morgan fingerprint density at radius 3 is 1.69 bits per heavy atom. The number of hydrogen-bond acceptors (Lipinski definition) is 5. The molecule has 0 aliphatic heterocycles. The summed E-state index contributed by atoms with van der Waals surface area (Å²) < 4.78 is 0. The van der Waals surface area contributed by atoms with Crippen LogP contribution < -0.4 is 22.1 Å². The normalized spacial score (nSPS) is 11.4. The van der Waals surface area contributed by atoms with Crippen molar-refractivity contribution in [2.24, 2.45) is 0 Å². The minimum atomic E-state index is -0.436. The molecule has 0 aromatic heterocycles. The first-order valence-corrected chi connectivity index (χ1v) is 19.0. The maximum Gasteiger partial charge on any atom is 0.256 e. The van der Waals surface area contributed by atoms with E-state index < -0.39 is 11.8 Å². The Bertz CT molecular complexity index is 3330. The largest absolute Gasteiger partial charge is 0.398 e. The number of nitrogens with two attached hydrogens (primary N) is 2. The van der Waals surface area contributed by atoms with Crippen molar-refractivity contribution in [3.8, 4) is 11.1 Å². The zero-order chi connectivity index (χ0) is 39.5. The van der Waals surface area contributed by atoms with Gasteiger partial charge in [-0.05, 0) is 84.2 Å². The molecule has 0 radical (unpaired) electrons. The molecule has 7 nitrogen and oxygen atoms in total. The third-order valence-electron chi connectivity index (χ3n) is 11.2. The molecule has 8 aromatic carbocycles. The Labute approximate surface area is 332 Å². The van der Waals surface area contributed by atoms with Gasteiger partial charge < -0.3 is 22.1 Å². The highest BCUT2D eigenvalue weighted by molar-refractivity contribution is 6.28. The molecule has 2 aliphatic carbocycles. The fraction of sp³-hybridized carbons (Fsp3) is 0. The smallest absolute Gasteiger partial charge is 0.256 e. The van der Waals surface area contributed by atoms with Crippen LogP contribution in [0.1, 0.15) is 36.6 Å². The quantitative estimate of drug-likeness (QED) is 0.0764. The molecule has 276 valence electrons. The predicted molar refractivity (Wildman–Crippen MR) is 238 cm³/mol. The number of amides is 2. The Hall–Kier alpha value is -8.03. The number of ketones is 1. The van der Waals surface area contributed by atoms with Crippen LogP contribution in [0.25, 0.3) is 65.0 Å². The average molecular weight is 751 g/mol. The lowest BCUT2D eigenvalue weighted by Crippen LogP contribution is -2.17. The third kappa shape index (κ3) is 5.56. The van der Waals surface area contributed by atoms with Gasteiger partial charge in [0.05, 0.1) is 22.6 Å². The van der Waals surface area contributed by atoms with Gasteiger partial charge in [-0.1, -0.05) is 140 Å². The van der Waals surface area contributed by atoms with Gasteiger partial charge in [0.2, 0.25) is 0 Å². The maximum absolute atomic E-state index is 14.8. The van der Waals surface area contributed by atoms with Gasteiger partial charge in [-0.15, -0.1) is 0 Å². The van der Waals surface area contributed by atoms with Crippen molar-refractivity contribution in [2.45, 2.75) is 0 Å². The Morgan fingerprint density at radius 2 is 0.931 bits per heavy atom. The summed E-state index contributed by atoms with van der Waals surface area (Å²) in [7, 11) is 0. The van der Waals surface area contributed by atoms with Crippen LogP contribution in [0.15, 0.2) is 170 Å². The van der Waals surface area contributed by atoms with Crippen molar-refractivity contribution >= 4 is 94.2 Å². The van der Waals surface area contributed by atoms with Gasteiger partial charge in [0.1, 0.15) is 0 Å². The number of fused-ring (bicyclic) bond motifs is 7. The van der Waals surface area contributed by atoms with Crippen molar-refractivity contribution in [3.05, 3.63) is 192 Å². The summed E-state index contributed by atoms with van der Waals surface area (Å²) in [6, 6.07) is 53.5. The molecule has 58 heavy (non-hydrogen) atoms. The lowest BCUT2D eigenvalue weighted by atomic mass is 9.93. The molecule has 0 unspecified atom stereocenters. The van der Waals surface area contributed by atoms with Crippen LogP contribution in [0.4, 0.5) is 22.7 Å². The molecule has 0 atom stereocenters. The molecule has 2 aliphatic rings. The van der Waals surface area contributed by atoms with Gasteiger partial charge in [-0.25, -0.2) is 0 Å². The van der Waals surface area contributed by atoms with Gasteiger partial charge in [0.15, 0.2) is 5.78 Å². The van der Waals surface area contributed by atoms with E-state index in [0.29, 0.717) is 27.8 Å². The van der Waals surface area contributed by atoms with Gasteiger partial charge >= 0.3 is 0 Å². The Kier molecular flexibility index (Phi) is 8.09. The monoisotopic (exact) mass is 750 g/mol. The molecule has 7 heteroatoms. The first-order chi connectivity index (χ1) is 28.4. The summed E-state index contributed by atoms with van der Waals surface area (Å²) in [4.78, 5) is 43.9. The first kappa shape index (κ1) is 34.5. The number of benzene rings is 8. The summed E-state index contributed by atoms with van der Waals surface area (Å²) in [5.41, 5.74) is 16.7. The molecule has 6 N–H and O–H groups in total. The van der Waals surface area contributed by atoms with E-state index in [0.717, 1.165) is 53.9 Å². The van der Waals surface area contributed by atoms with E-state index in [9.17, 15) is 14.4 Å². The van der Waals surface area contributed by atoms with Crippen LogP contribution in [0.5, 0.6) is 0 Å². The predicted octanol–water partition coefficient (Wildman–Crippen LogP) is 11.5. The molecular formula is C51H34N4O3. The lowest BCUT2D eigenvalue weighted by Gasteiger charge is -2.14. The van der Waals surface area contributed by atoms with E-state index in [2.05, 4.69) is 16.7 Å². The summed E-state index contributed by atoms with van der Waals surface area (Å²) in [6.07, 6.45) is 0. The number of anilines is 4. The van der Waals surface area contributed by atoms with Gasteiger partial charge in [0.25, 0.3) is 11.8 Å². The molecule has 0 bridgehead atoms. The molecule has 0 fully saturated rings. The standard InChI is InChI=1S/C51H34N4O3/c52-43-24-10-23-41-44(45(43)49(56)38-20-7-15-29-11-3-6-18-35(29)38)46(53)48(55-51(58)40-21-8-16-33-27-31-13-1-2-14-32(31)28-42(33)40)47(41)54-50(57)39-22-9-19-36-34-17-5-4-12-30(34)25-26-37(36)39/h1-28H,52-53H2,(H,54,57)(H,55,58). The van der Waals surface area contributed by atoms with Gasteiger partial charge in [0, 0.05) is 33.5 Å². The van der Waals surface area contributed by atoms with E-state index in [-0.39, 0.29) is 34.1 Å². The summed E-state index contributed by atoms with van der Waals surface area (Å²) >= 11 is 0. The summed E-state index contributed by atoms with van der Waals surface area (Å²) in [6.45, 7) is 0. The maximum atomic E-state index is 14.8. The van der Waals surface area contributed by atoms with Crippen LogP contribution in [0, 0.1) is 0 Å². The molecular weight excluding hydrogens is 717 g/mol. The Morgan fingerprint density at radius 1 is 0.397 bits per heavy atom. The van der Waals surface area contributed by atoms with Gasteiger partial charge in [-0.2, -0.15) is 0 Å². The molecule has 0 saturated carbocycles. The fourth-order valence-electron chi connectivity index (χ4n) is 8.40. The SMILES string of the molecule is Nc1cccc2c(NC(=O)c3cccc4c3ccc3ccccc34)c(NC(=O)c3cccc4cc5ccccc5cc34)c(N)c-2c1C(=O)c1cccc2ccccc12. The van der Waals surface area contributed by atoms with Crippen LogP contribution >= 0.6 is 0 Å². The third-order valence-corrected chi connectivity index (χ3v) is 11.2. The number of hydrogen-bond donors (Lipinski definition) is 4. The van der Waals surface area contributed by atoms with E-state index in [1.54, 1.807) is 36.4 Å². The zero-order valence-electron chi connectivity index (χ0n) is 31.0. The number of carbonyl (C=O) groups excluding carboxylic acids is 3. The number of nitrogens with one attached hydrogen (secondary N) is 2. The molecule has 10 rings (SSSR count). The highest BCUT2D eigenvalue weighted by atomic mass is 16.2. The number of rotatable bonds is 6. The van der Waals surface area contributed by atoms with E-state index in [1.807, 2.05) is 127 Å². The van der Waals surface area contributed by atoms with E-state index in [4.69, 9.17) is 11.5 Å². The van der Waals surface area contributed by atoms with Crippen molar-refractivity contribution in [3.63, 3.8) is 0 Å². The van der Waals surface area contributed by atoms with Crippen molar-refractivity contribution in [1.82, 2.24) is 0 Å². The van der Waals surface area contributed by atoms with Crippen LogP contribution in [-0.2, 0) is 0 Å². The van der Waals surface area contributed by atoms with E-state index in [1.165, 1.54) is 0 Å². The minimum absolute atomic E-state index is 0.0970. The second kappa shape index (κ2) is 13.6. The average Bonchev–Trinajstić information content (AvgIpc) is 3.37. The summed E-state index contributed by atoms with van der Waals surface area (Å²) in [5.74, 6) is -1.19. The molecule has 8 aromatic rings. The minimum Gasteiger partial charge on any atom is -0.398 e. The summed E-state index contributed by atoms with van der Waals surface area (Å²) in [5, 5.41) is 15.3. The second-order valence-electron chi connectivity index (χ2n) is 14.5. The van der Waals surface area contributed by atoms with Gasteiger partial charge in [-0.3, -0.25) is 14.4 Å². The first-order valence-electron chi connectivity index (χ1n) is 19.0. The topological polar surface area (TPSA) is 127 Å². The highest BCUT2D eigenvalue weighted by Gasteiger charge is 2.31.